The van der Waals surface area contributed by atoms with Gasteiger partial charge in [0.05, 0.1) is 12.5 Å². The summed E-state index contributed by atoms with van der Waals surface area (Å²) in [5.41, 5.74) is 16.2. The maximum absolute atomic E-state index is 12.8. The summed E-state index contributed by atoms with van der Waals surface area (Å²) in [6.07, 6.45) is 0.214. The third-order valence-electron chi connectivity index (χ3n) is 4.91. The van der Waals surface area contributed by atoms with Crippen molar-refractivity contribution < 1.29 is 34.2 Å². The average molecular weight is 506 g/mol. The van der Waals surface area contributed by atoms with E-state index in [0.717, 1.165) is 0 Å². The maximum atomic E-state index is 12.8. The molecule has 0 spiro atoms. The highest BCUT2D eigenvalue weighted by Crippen LogP contribution is 2.10. The Hall–Kier alpha value is -3.07. The van der Waals surface area contributed by atoms with E-state index in [2.05, 4.69) is 33.6 Å². The summed E-state index contributed by atoms with van der Waals surface area (Å²) in [7, 11) is 0. The van der Waals surface area contributed by atoms with Crippen LogP contribution < -0.4 is 33.2 Å². The molecule has 0 heterocycles. The van der Waals surface area contributed by atoms with E-state index < -0.39 is 66.2 Å². The molecule has 3 amide bonds. The molecule has 34 heavy (non-hydrogen) atoms. The Morgan fingerprint density at radius 3 is 2.03 bits per heavy atom. The number of carbonyl (C=O) groups is 5. The van der Waals surface area contributed by atoms with Gasteiger partial charge in [0.1, 0.15) is 18.1 Å². The van der Waals surface area contributed by atoms with Gasteiger partial charge in [0.15, 0.2) is 5.96 Å². The molecule has 0 aliphatic heterocycles. The number of carboxylic acids is 2. The van der Waals surface area contributed by atoms with Gasteiger partial charge in [-0.1, -0.05) is 20.3 Å². The van der Waals surface area contributed by atoms with Crippen LogP contribution in [0.25, 0.3) is 0 Å². The van der Waals surface area contributed by atoms with E-state index in [1.54, 1.807) is 13.8 Å². The smallest absolute Gasteiger partial charge is 0.327 e. The van der Waals surface area contributed by atoms with Crippen molar-refractivity contribution in [1.29, 1.82) is 0 Å². The van der Waals surface area contributed by atoms with Gasteiger partial charge in [-0.2, -0.15) is 12.6 Å². The maximum Gasteiger partial charge on any atom is 0.327 e. The van der Waals surface area contributed by atoms with Crippen LogP contribution in [0, 0.1) is 5.92 Å². The monoisotopic (exact) mass is 505 g/mol. The number of thiol groups is 1. The topological polar surface area (TPSA) is 252 Å². The molecule has 11 N–H and O–H groups in total. The summed E-state index contributed by atoms with van der Waals surface area (Å²) in [5.74, 6) is -5.87. The van der Waals surface area contributed by atoms with Crippen molar-refractivity contribution in [2.24, 2.45) is 28.1 Å². The van der Waals surface area contributed by atoms with Crippen molar-refractivity contribution in [2.75, 3.05) is 12.3 Å². The molecule has 0 aliphatic rings. The van der Waals surface area contributed by atoms with Gasteiger partial charge in [0.2, 0.25) is 17.7 Å². The first-order chi connectivity index (χ1) is 15.8. The van der Waals surface area contributed by atoms with Crippen molar-refractivity contribution in [2.45, 2.75) is 63.7 Å². The minimum atomic E-state index is -1.52. The van der Waals surface area contributed by atoms with Gasteiger partial charge in [-0.25, -0.2) is 4.79 Å². The highest BCUT2D eigenvalue weighted by atomic mass is 32.1. The fourth-order valence-corrected chi connectivity index (χ4v) is 2.96. The first-order valence-corrected chi connectivity index (χ1v) is 11.2. The Bertz CT molecular complexity index is 761. The van der Waals surface area contributed by atoms with Gasteiger partial charge in [-0.05, 0) is 18.8 Å². The number of carboxylic acid groups (broad SMARTS) is 2. The number of nitrogens with zero attached hydrogens (tertiary/aromatic N) is 1. The minimum Gasteiger partial charge on any atom is -0.481 e. The van der Waals surface area contributed by atoms with Crippen molar-refractivity contribution in [3.05, 3.63) is 0 Å². The number of carbonyl (C=O) groups excluding carboxylic acids is 3. The molecule has 0 rings (SSSR count). The lowest BCUT2D eigenvalue weighted by Gasteiger charge is -2.27. The summed E-state index contributed by atoms with van der Waals surface area (Å²) >= 11 is 3.88. The minimum absolute atomic E-state index is 0.111. The third-order valence-corrected chi connectivity index (χ3v) is 5.27. The number of aliphatic carboxylic acids is 2. The molecule has 0 saturated heterocycles. The SMILES string of the molecule is CCC(C)C(NC(=O)C(CC(=O)O)NC(=O)C(N)CCCN=C(N)N)C(=O)NC(CS)C(=O)O. The number of nitrogens with two attached hydrogens (primary N) is 3. The highest BCUT2D eigenvalue weighted by molar-refractivity contribution is 7.80. The van der Waals surface area contributed by atoms with E-state index in [-0.39, 0.29) is 24.7 Å². The van der Waals surface area contributed by atoms with Crippen molar-refractivity contribution >= 4 is 48.2 Å². The summed E-state index contributed by atoms with van der Waals surface area (Å²) < 4.78 is 0. The summed E-state index contributed by atoms with van der Waals surface area (Å²) in [5, 5.41) is 25.3. The number of aliphatic imine (C=N–C) groups is 1. The molecule has 15 heteroatoms. The largest absolute Gasteiger partial charge is 0.481 e. The second kappa shape index (κ2) is 15.7. The van der Waals surface area contributed by atoms with Crippen molar-refractivity contribution in [1.82, 2.24) is 16.0 Å². The van der Waals surface area contributed by atoms with Crippen LogP contribution in [0.1, 0.15) is 39.5 Å². The van der Waals surface area contributed by atoms with Gasteiger partial charge in [0.25, 0.3) is 0 Å². The molecule has 0 aliphatic carbocycles. The van der Waals surface area contributed by atoms with Crippen LogP contribution in [0.2, 0.25) is 0 Å². The summed E-state index contributed by atoms with van der Waals surface area (Å²) in [4.78, 5) is 64.1. The molecule has 0 bridgehead atoms. The number of hydrogen-bond acceptors (Lipinski definition) is 8. The Kier molecular flexibility index (Phi) is 14.3. The van der Waals surface area contributed by atoms with Gasteiger partial charge in [-0.3, -0.25) is 24.2 Å². The van der Waals surface area contributed by atoms with E-state index in [1.165, 1.54) is 0 Å². The molecule has 0 fully saturated rings. The predicted octanol–water partition coefficient (Wildman–Crippen LogP) is -2.64. The third kappa shape index (κ3) is 11.7. The first kappa shape index (κ1) is 30.9. The van der Waals surface area contributed by atoms with Crippen LogP contribution >= 0.6 is 12.6 Å². The molecule has 0 aromatic heterocycles. The van der Waals surface area contributed by atoms with Crippen LogP contribution in [0.4, 0.5) is 0 Å². The van der Waals surface area contributed by atoms with Crippen molar-refractivity contribution in [3.63, 3.8) is 0 Å². The van der Waals surface area contributed by atoms with Crippen LogP contribution in [0.15, 0.2) is 4.99 Å². The molecule has 0 radical (unpaired) electrons. The van der Waals surface area contributed by atoms with Gasteiger partial charge in [-0.15, -0.1) is 0 Å². The number of hydrogen-bond donors (Lipinski definition) is 9. The Morgan fingerprint density at radius 2 is 1.56 bits per heavy atom. The Morgan fingerprint density at radius 1 is 0.971 bits per heavy atom. The molecule has 0 saturated carbocycles. The van der Waals surface area contributed by atoms with Crippen LogP contribution in [0.3, 0.4) is 0 Å². The number of rotatable bonds is 16. The molecular weight excluding hydrogens is 470 g/mol. The normalized spacial score (nSPS) is 15.1. The average Bonchev–Trinajstić information content (AvgIpc) is 2.76. The zero-order valence-corrected chi connectivity index (χ0v) is 20.1. The highest BCUT2D eigenvalue weighted by Gasteiger charge is 2.33. The quantitative estimate of drug-likeness (QED) is 0.0456. The standard InChI is InChI=1S/C19H35N7O7S/c1-3-9(2)14(17(31)25-12(8-34)18(32)33)26-16(30)11(7-13(27)28)24-15(29)10(20)5-4-6-23-19(21)22/h9-12,14,34H,3-8,20H2,1-2H3,(H,24,29)(H,25,31)(H,26,30)(H,27,28)(H,32,33)(H4,21,22,23). The van der Waals surface area contributed by atoms with E-state index in [9.17, 15) is 24.0 Å². The molecule has 5 atom stereocenters. The van der Waals surface area contributed by atoms with E-state index in [1.807, 2.05) is 0 Å². The summed E-state index contributed by atoms with van der Waals surface area (Å²) in [6, 6.07) is -5.04. The molecule has 194 valence electrons. The Labute approximate surface area is 202 Å². The predicted molar refractivity (Wildman–Crippen MR) is 127 cm³/mol. The number of amides is 3. The van der Waals surface area contributed by atoms with Gasteiger partial charge >= 0.3 is 11.9 Å². The van der Waals surface area contributed by atoms with Gasteiger partial charge < -0.3 is 43.4 Å². The fraction of sp³-hybridized carbons (Fsp3) is 0.684. The lowest BCUT2D eigenvalue weighted by atomic mass is 9.97. The van der Waals surface area contributed by atoms with E-state index in [4.69, 9.17) is 27.4 Å². The Balaban J connectivity index is 5.37. The molecular formula is C19H35N7O7S. The molecule has 0 aromatic carbocycles. The number of nitrogens with one attached hydrogen (secondary N) is 3. The van der Waals surface area contributed by atoms with Crippen LogP contribution in [0.5, 0.6) is 0 Å². The zero-order chi connectivity index (χ0) is 26.4. The second-order valence-corrected chi connectivity index (χ2v) is 8.03. The van der Waals surface area contributed by atoms with Gasteiger partial charge in [0, 0.05) is 12.3 Å². The second-order valence-electron chi connectivity index (χ2n) is 7.67. The zero-order valence-electron chi connectivity index (χ0n) is 19.2. The van der Waals surface area contributed by atoms with E-state index >= 15 is 0 Å². The molecule has 5 unspecified atom stereocenters. The van der Waals surface area contributed by atoms with Crippen LogP contribution in [-0.2, 0) is 24.0 Å². The number of guanidine groups is 1. The fourth-order valence-electron chi connectivity index (χ4n) is 2.72. The van der Waals surface area contributed by atoms with Crippen LogP contribution in [-0.4, -0.2) is 82.3 Å². The van der Waals surface area contributed by atoms with Crippen molar-refractivity contribution in [3.8, 4) is 0 Å². The van der Waals surface area contributed by atoms with E-state index in [0.29, 0.717) is 12.8 Å². The lowest BCUT2D eigenvalue weighted by Crippen LogP contribution is -2.59. The first-order valence-electron chi connectivity index (χ1n) is 10.6. The lowest BCUT2D eigenvalue weighted by molar-refractivity contribution is -0.143. The summed E-state index contributed by atoms with van der Waals surface area (Å²) in [6.45, 7) is 3.64. The molecule has 14 nitrogen and oxygen atoms in total. The molecule has 0 aromatic rings.